The number of hydrogen-bond acceptors (Lipinski definition) is 7. The first-order chi connectivity index (χ1) is 17.5. The third-order valence-corrected chi connectivity index (χ3v) is 4.86. The second-order valence-corrected chi connectivity index (χ2v) is 7.30. The largest absolute Gasteiger partial charge is 0.497 e. The molecule has 9 nitrogen and oxygen atoms in total. The van der Waals surface area contributed by atoms with Crippen molar-refractivity contribution >= 4 is 29.3 Å². The monoisotopic (exact) mass is 511 g/mol. The van der Waals surface area contributed by atoms with E-state index in [2.05, 4.69) is 0 Å². The van der Waals surface area contributed by atoms with Crippen LogP contribution in [-0.2, 0) is 11.0 Å². The molecule has 0 aliphatic heterocycles. The third-order valence-electron chi connectivity index (χ3n) is 4.86. The Hall–Kier alpha value is -5.18. The van der Waals surface area contributed by atoms with E-state index in [9.17, 15) is 38.1 Å². The minimum absolute atomic E-state index is 0.168. The number of methoxy groups -OCH3 is 1. The number of anilines is 1. The number of carbonyl (C=O) groups is 2. The number of benzene rings is 3. The van der Waals surface area contributed by atoms with Gasteiger partial charge in [0.1, 0.15) is 23.1 Å². The number of halogens is 3. The van der Waals surface area contributed by atoms with E-state index in [1.807, 2.05) is 5.32 Å². The summed E-state index contributed by atoms with van der Waals surface area (Å²) in [5.41, 5.74) is -2.93. The molecule has 1 N–H and O–H groups in total. The molecule has 0 saturated carbocycles. The third kappa shape index (κ3) is 6.70. The number of esters is 1. The lowest BCUT2D eigenvalue weighted by molar-refractivity contribution is -0.385. The number of nitrogens with one attached hydrogen (secondary N) is 1. The molecule has 0 spiro atoms. The van der Waals surface area contributed by atoms with Gasteiger partial charge in [-0.1, -0.05) is 12.1 Å². The van der Waals surface area contributed by atoms with Gasteiger partial charge in [-0.15, -0.1) is 0 Å². The van der Waals surface area contributed by atoms with Crippen LogP contribution in [0, 0.1) is 21.4 Å². The Balaban J connectivity index is 1.75. The summed E-state index contributed by atoms with van der Waals surface area (Å²) in [5.74, 6) is -1.06. The van der Waals surface area contributed by atoms with Crippen LogP contribution < -0.4 is 14.8 Å². The second kappa shape index (κ2) is 11.0. The number of amides is 1. The van der Waals surface area contributed by atoms with Gasteiger partial charge in [0, 0.05) is 12.1 Å². The maximum absolute atomic E-state index is 13.3. The SMILES string of the molecule is COc1ccc(C(=O)Oc2ccc(C=C(C#N)C(=O)Nc3ccc([N+](=O)[O-])cc3C(F)(F)F)cc2)cc1. The summed E-state index contributed by atoms with van der Waals surface area (Å²) in [6.45, 7) is 0. The van der Waals surface area contributed by atoms with Crippen LogP contribution in [0.25, 0.3) is 6.08 Å². The Kier molecular flexibility index (Phi) is 7.89. The van der Waals surface area contributed by atoms with Crippen LogP contribution in [0.1, 0.15) is 21.5 Å². The first-order valence-corrected chi connectivity index (χ1v) is 10.3. The molecular formula is C25H16F3N3O6. The molecule has 0 fully saturated rings. The number of alkyl halides is 3. The number of carbonyl (C=O) groups excluding carboxylic acids is 2. The molecule has 0 aliphatic rings. The Morgan fingerprint density at radius 2 is 1.65 bits per heavy atom. The number of nitriles is 1. The zero-order chi connectivity index (χ0) is 27.2. The lowest BCUT2D eigenvalue weighted by atomic mass is 10.1. The zero-order valence-corrected chi connectivity index (χ0v) is 18.9. The van der Waals surface area contributed by atoms with E-state index in [0.29, 0.717) is 11.3 Å². The molecule has 3 rings (SSSR count). The Morgan fingerprint density at radius 1 is 1.03 bits per heavy atom. The predicted octanol–water partition coefficient (Wildman–Crippen LogP) is 5.39. The molecule has 0 aromatic heterocycles. The molecule has 0 heterocycles. The van der Waals surface area contributed by atoms with Crippen LogP contribution in [0.2, 0.25) is 0 Å². The first kappa shape index (κ1) is 26.4. The molecule has 0 saturated heterocycles. The van der Waals surface area contributed by atoms with Crippen molar-refractivity contribution in [1.82, 2.24) is 0 Å². The summed E-state index contributed by atoms with van der Waals surface area (Å²) in [7, 11) is 1.49. The van der Waals surface area contributed by atoms with Gasteiger partial charge >= 0.3 is 12.1 Å². The van der Waals surface area contributed by atoms with E-state index in [4.69, 9.17) is 9.47 Å². The number of rotatable bonds is 7. The van der Waals surface area contributed by atoms with Gasteiger partial charge < -0.3 is 14.8 Å². The summed E-state index contributed by atoms with van der Waals surface area (Å²) in [5, 5.41) is 22.1. The number of nitro groups is 1. The fraction of sp³-hybridized carbons (Fsp3) is 0.0800. The standard InChI is InChI=1S/C25H16F3N3O6/c1-36-19-9-4-16(5-10-19)24(33)37-20-7-2-15(3-8-20)12-17(14-29)23(32)30-22-11-6-18(31(34)35)13-21(22)25(26,27)28/h2-13H,1H3,(H,30,32). The summed E-state index contributed by atoms with van der Waals surface area (Å²) in [4.78, 5) is 34.5. The van der Waals surface area contributed by atoms with Gasteiger partial charge in [-0.2, -0.15) is 18.4 Å². The highest BCUT2D eigenvalue weighted by molar-refractivity contribution is 6.10. The summed E-state index contributed by atoms with van der Waals surface area (Å²) in [6, 6.07) is 15.3. The van der Waals surface area contributed by atoms with Gasteiger partial charge in [0.25, 0.3) is 11.6 Å². The van der Waals surface area contributed by atoms with Crippen molar-refractivity contribution in [3.63, 3.8) is 0 Å². The second-order valence-electron chi connectivity index (χ2n) is 7.30. The van der Waals surface area contributed by atoms with Crippen molar-refractivity contribution in [2.75, 3.05) is 12.4 Å². The average molecular weight is 511 g/mol. The smallest absolute Gasteiger partial charge is 0.418 e. The van der Waals surface area contributed by atoms with Crippen LogP contribution in [0.5, 0.6) is 11.5 Å². The number of nitro benzene ring substituents is 1. The molecule has 0 atom stereocenters. The summed E-state index contributed by atoms with van der Waals surface area (Å²) >= 11 is 0. The quantitative estimate of drug-likeness (QED) is 0.112. The normalized spacial score (nSPS) is 11.3. The predicted molar refractivity (Wildman–Crippen MR) is 125 cm³/mol. The molecule has 188 valence electrons. The van der Waals surface area contributed by atoms with Crippen molar-refractivity contribution in [3.8, 4) is 17.6 Å². The fourth-order valence-corrected chi connectivity index (χ4v) is 3.02. The van der Waals surface area contributed by atoms with Crippen molar-refractivity contribution in [2.45, 2.75) is 6.18 Å². The molecule has 0 unspecified atom stereocenters. The van der Waals surface area contributed by atoms with Crippen LogP contribution in [0.4, 0.5) is 24.5 Å². The van der Waals surface area contributed by atoms with Gasteiger partial charge in [-0.05, 0) is 54.1 Å². The van der Waals surface area contributed by atoms with Gasteiger partial charge in [-0.3, -0.25) is 14.9 Å². The molecule has 0 bridgehead atoms. The van der Waals surface area contributed by atoms with E-state index in [1.54, 1.807) is 18.2 Å². The Morgan fingerprint density at radius 3 is 2.19 bits per heavy atom. The molecule has 0 radical (unpaired) electrons. The van der Waals surface area contributed by atoms with Crippen LogP contribution in [0.3, 0.4) is 0 Å². The van der Waals surface area contributed by atoms with Crippen molar-refractivity contribution in [2.24, 2.45) is 0 Å². The molecule has 0 aliphatic carbocycles. The fourth-order valence-electron chi connectivity index (χ4n) is 3.02. The Labute approximate surface area is 207 Å². The van der Waals surface area contributed by atoms with Crippen LogP contribution >= 0.6 is 0 Å². The van der Waals surface area contributed by atoms with E-state index in [1.165, 1.54) is 43.5 Å². The Bertz CT molecular complexity index is 1410. The molecule has 3 aromatic rings. The number of non-ortho nitro benzene ring substituents is 1. The van der Waals surface area contributed by atoms with Gasteiger partial charge in [0.05, 0.1) is 28.8 Å². The highest BCUT2D eigenvalue weighted by atomic mass is 19.4. The zero-order valence-electron chi connectivity index (χ0n) is 18.9. The molecule has 3 aromatic carbocycles. The lowest BCUT2D eigenvalue weighted by Gasteiger charge is -2.13. The highest BCUT2D eigenvalue weighted by Gasteiger charge is 2.35. The minimum Gasteiger partial charge on any atom is -0.497 e. The van der Waals surface area contributed by atoms with Gasteiger partial charge in [0.2, 0.25) is 0 Å². The number of ether oxygens (including phenoxy) is 2. The molecule has 1 amide bonds. The van der Waals surface area contributed by atoms with E-state index in [-0.39, 0.29) is 17.4 Å². The van der Waals surface area contributed by atoms with Gasteiger partial charge in [0.15, 0.2) is 0 Å². The van der Waals surface area contributed by atoms with E-state index in [0.717, 1.165) is 18.2 Å². The maximum atomic E-state index is 13.3. The summed E-state index contributed by atoms with van der Waals surface area (Å²) in [6.07, 6.45) is -3.88. The highest BCUT2D eigenvalue weighted by Crippen LogP contribution is 2.37. The summed E-state index contributed by atoms with van der Waals surface area (Å²) < 4.78 is 50.3. The van der Waals surface area contributed by atoms with E-state index < -0.39 is 45.5 Å². The minimum atomic E-state index is -5.00. The van der Waals surface area contributed by atoms with Crippen molar-refractivity contribution in [3.05, 3.63) is 99.1 Å². The number of nitrogens with zero attached hydrogens (tertiary/aromatic N) is 2. The average Bonchev–Trinajstić information content (AvgIpc) is 2.87. The van der Waals surface area contributed by atoms with Crippen LogP contribution in [0.15, 0.2) is 72.3 Å². The molecular weight excluding hydrogens is 495 g/mol. The van der Waals surface area contributed by atoms with Gasteiger partial charge in [-0.25, -0.2) is 4.79 Å². The lowest BCUT2D eigenvalue weighted by Crippen LogP contribution is -2.18. The van der Waals surface area contributed by atoms with E-state index >= 15 is 0 Å². The molecule has 37 heavy (non-hydrogen) atoms. The van der Waals surface area contributed by atoms with Crippen molar-refractivity contribution < 1.29 is 37.2 Å². The van der Waals surface area contributed by atoms with Crippen LogP contribution in [-0.4, -0.2) is 23.9 Å². The topological polar surface area (TPSA) is 132 Å². The number of hydrogen-bond donors (Lipinski definition) is 1. The maximum Gasteiger partial charge on any atom is 0.418 e. The van der Waals surface area contributed by atoms with Crippen molar-refractivity contribution in [1.29, 1.82) is 5.26 Å². The molecule has 12 heteroatoms. The first-order valence-electron chi connectivity index (χ1n) is 10.3.